The lowest BCUT2D eigenvalue weighted by molar-refractivity contribution is 0.868. The van der Waals surface area contributed by atoms with E-state index in [0.29, 0.717) is 11.8 Å². The minimum Gasteiger partial charge on any atom is -0.309 e. The number of aromatic nitrogens is 4. The molecule has 42 heavy (non-hydrogen) atoms. The molecule has 206 valence electrons. The van der Waals surface area contributed by atoms with Gasteiger partial charge in [-0.3, -0.25) is 4.57 Å². The van der Waals surface area contributed by atoms with E-state index in [2.05, 4.69) is 144 Å². The van der Waals surface area contributed by atoms with Gasteiger partial charge in [0.05, 0.1) is 11.0 Å². The molecular weight excluding hydrogens is 512 g/mol. The summed E-state index contributed by atoms with van der Waals surface area (Å²) in [6, 6.07) is 43.2. The Balaban J connectivity index is 1.38. The van der Waals surface area contributed by atoms with Crippen molar-refractivity contribution in [3.8, 4) is 34.2 Å². The first-order valence-electron chi connectivity index (χ1n) is 14.7. The van der Waals surface area contributed by atoms with Crippen LogP contribution >= 0.6 is 0 Å². The first kappa shape index (κ1) is 26.0. The van der Waals surface area contributed by atoms with E-state index < -0.39 is 0 Å². The topological polar surface area (TPSA) is 35.6 Å². The summed E-state index contributed by atoms with van der Waals surface area (Å²) in [7, 11) is 0. The van der Waals surface area contributed by atoms with E-state index in [1.165, 1.54) is 32.9 Å². The summed E-state index contributed by atoms with van der Waals surface area (Å²) in [5.74, 6) is 2.59. The molecule has 4 heteroatoms. The number of nitrogens with zero attached hydrogens (tertiary/aromatic N) is 4. The lowest BCUT2D eigenvalue weighted by Gasteiger charge is -2.12. The number of fused-ring (bicyclic) bond motifs is 3. The standard InChI is InChI=1S/C38H34N4/c1-25(2)29-17-21-35-33(23-29)34-24-30(26(3)4)18-22-36(34)41(35)32-19-15-28(16-20-32)38-40-39-37(27-11-7-5-8-12-27)42(38)31-13-9-6-10-14-31/h5-26H,1-4H3. The Hall–Kier alpha value is -4.96. The van der Waals surface area contributed by atoms with E-state index in [1.54, 1.807) is 0 Å². The average molecular weight is 547 g/mol. The minimum atomic E-state index is 0.475. The van der Waals surface area contributed by atoms with Gasteiger partial charge in [-0.15, -0.1) is 10.2 Å². The van der Waals surface area contributed by atoms with Crippen LogP contribution in [0.2, 0.25) is 0 Å². The molecule has 2 aromatic heterocycles. The zero-order chi connectivity index (χ0) is 28.8. The molecule has 7 aromatic rings. The molecular formula is C38H34N4. The third-order valence-corrected chi connectivity index (χ3v) is 8.24. The van der Waals surface area contributed by atoms with Crippen molar-refractivity contribution in [2.24, 2.45) is 0 Å². The summed E-state index contributed by atoms with van der Waals surface area (Å²) >= 11 is 0. The van der Waals surface area contributed by atoms with Crippen molar-refractivity contribution in [2.75, 3.05) is 0 Å². The van der Waals surface area contributed by atoms with E-state index in [0.717, 1.165) is 34.2 Å². The predicted octanol–water partition coefficient (Wildman–Crippen LogP) is 9.95. The first-order chi connectivity index (χ1) is 20.5. The minimum absolute atomic E-state index is 0.475. The van der Waals surface area contributed by atoms with Crippen molar-refractivity contribution < 1.29 is 0 Å². The highest BCUT2D eigenvalue weighted by Gasteiger charge is 2.19. The molecule has 0 amide bonds. The van der Waals surface area contributed by atoms with E-state index in [-0.39, 0.29) is 0 Å². The van der Waals surface area contributed by atoms with Gasteiger partial charge in [-0.1, -0.05) is 88.4 Å². The van der Waals surface area contributed by atoms with E-state index in [9.17, 15) is 0 Å². The van der Waals surface area contributed by atoms with E-state index in [1.807, 2.05) is 24.3 Å². The average Bonchev–Trinajstić information content (AvgIpc) is 3.61. The number of hydrogen-bond donors (Lipinski definition) is 0. The number of benzene rings is 5. The van der Waals surface area contributed by atoms with Crippen molar-refractivity contribution in [2.45, 2.75) is 39.5 Å². The summed E-state index contributed by atoms with van der Waals surface area (Å²) in [5.41, 5.74) is 9.38. The van der Waals surface area contributed by atoms with Crippen LogP contribution in [0.4, 0.5) is 0 Å². The summed E-state index contributed by atoms with van der Waals surface area (Å²) in [6.45, 7) is 9.04. The van der Waals surface area contributed by atoms with Crippen LogP contribution in [0.5, 0.6) is 0 Å². The van der Waals surface area contributed by atoms with Gasteiger partial charge in [-0.05, 0) is 83.6 Å². The Bertz CT molecular complexity index is 1950. The molecule has 0 radical (unpaired) electrons. The maximum atomic E-state index is 4.69. The fraction of sp³-hybridized carbons (Fsp3) is 0.158. The molecule has 0 atom stereocenters. The number of hydrogen-bond acceptors (Lipinski definition) is 2. The largest absolute Gasteiger partial charge is 0.309 e. The normalized spacial score (nSPS) is 11.8. The third kappa shape index (κ3) is 4.40. The van der Waals surface area contributed by atoms with Crippen LogP contribution in [0.1, 0.15) is 50.7 Å². The van der Waals surface area contributed by atoms with Crippen LogP contribution in [-0.4, -0.2) is 19.3 Å². The highest BCUT2D eigenvalue weighted by molar-refractivity contribution is 6.09. The molecule has 0 aliphatic carbocycles. The fourth-order valence-electron chi connectivity index (χ4n) is 5.88. The lowest BCUT2D eigenvalue weighted by Crippen LogP contribution is -2.00. The molecule has 5 aromatic carbocycles. The molecule has 0 bridgehead atoms. The monoisotopic (exact) mass is 546 g/mol. The summed E-state index contributed by atoms with van der Waals surface area (Å²) in [4.78, 5) is 0. The molecule has 0 aliphatic heterocycles. The molecule has 0 saturated heterocycles. The second-order valence-corrected chi connectivity index (χ2v) is 11.6. The Morgan fingerprint density at radius 3 is 1.40 bits per heavy atom. The van der Waals surface area contributed by atoms with Crippen molar-refractivity contribution in [1.29, 1.82) is 0 Å². The fourth-order valence-corrected chi connectivity index (χ4v) is 5.88. The van der Waals surface area contributed by atoms with Crippen LogP contribution in [0.25, 0.3) is 56.0 Å². The Labute approximate surface area is 246 Å². The van der Waals surface area contributed by atoms with Crippen LogP contribution in [0, 0.1) is 0 Å². The SMILES string of the molecule is CC(C)c1ccc2c(c1)c1cc(C(C)C)ccc1n2-c1ccc(-c2nnc(-c3ccccc3)n2-c2ccccc2)cc1. The number of rotatable bonds is 6. The highest BCUT2D eigenvalue weighted by Crippen LogP contribution is 2.36. The van der Waals surface area contributed by atoms with Crippen molar-refractivity contribution in [3.05, 3.63) is 132 Å². The second-order valence-electron chi connectivity index (χ2n) is 11.6. The summed E-state index contributed by atoms with van der Waals surface area (Å²) in [5, 5.41) is 11.9. The predicted molar refractivity (Wildman–Crippen MR) is 175 cm³/mol. The Kier molecular flexibility index (Phi) is 6.47. The molecule has 0 unspecified atom stereocenters. The first-order valence-corrected chi connectivity index (χ1v) is 14.7. The zero-order valence-corrected chi connectivity index (χ0v) is 24.5. The van der Waals surface area contributed by atoms with Crippen LogP contribution in [-0.2, 0) is 0 Å². The molecule has 0 N–H and O–H groups in total. The maximum absolute atomic E-state index is 4.69. The molecule has 0 fully saturated rings. The number of para-hydroxylation sites is 1. The zero-order valence-electron chi connectivity index (χ0n) is 24.5. The van der Waals surface area contributed by atoms with Gasteiger partial charge in [-0.2, -0.15) is 0 Å². The van der Waals surface area contributed by atoms with Crippen molar-refractivity contribution >= 4 is 21.8 Å². The van der Waals surface area contributed by atoms with Gasteiger partial charge in [0.1, 0.15) is 0 Å². The van der Waals surface area contributed by atoms with Gasteiger partial charge in [0.15, 0.2) is 11.6 Å². The van der Waals surface area contributed by atoms with Crippen LogP contribution in [0.15, 0.2) is 121 Å². The molecule has 0 spiro atoms. The van der Waals surface area contributed by atoms with E-state index >= 15 is 0 Å². The Morgan fingerprint density at radius 1 is 0.452 bits per heavy atom. The van der Waals surface area contributed by atoms with Crippen LogP contribution < -0.4 is 0 Å². The summed E-state index contributed by atoms with van der Waals surface area (Å²) in [6.07, 6.45) is 0. The van der Waals surface area contributed by atoms with Gasteiger partial charge in [0.2, 0.25) is 0 Å². The maximum Gasteiger partial charge on any atom is 0.168 e. The van der Waals surface area contributed by atoms with Crippen molar-refractivity contribution in [3.63, 3.8) is 0 Å². The lowest BCUT2D eigenvalue weighted by atomic mass is 9.98. The van der Waals surface area contributed by atoms with Gasteiger partial charge in [0.25, 0.3) is 0 Å². The van der Waals surface area contributed by atoms with Crippen molar-refractivity contribution in [1.82, 2.24) is 19.3 Å². The molecule has 4 nitrogen and oxygen atoms in total. The van der Waals surface area contributed by atoms with Gasteiger partial charge < -0.3 is 4.57 Å². The molecule has 0 saturated carbocycles. The summed E-state index contributed by atoms with van der Waals surface area (Å²) < 4.78 is 4.53. The van der Waals surface area contributed by atoms with Gasteiger partial charge in [0, 0.05) is 33.3 Å². The third-order valence-electron chi connectivity index (χ3n) is 8.24. The van der Waals surface area contributed by atoms with Gasteiger partial charge in [-0.25, -0.2) is 0 Å². The highest BCUT2D eigenvalue weighted by atomic mass is 15.3. The van der Waals surface area contributed by atoms with Gasteiger partial charge >= 0.3 is 0 Å². The molecule has 2 heterocycles. The molecule has 7 rings (SSSR count). The second kappa shape index (κ2) is 10.5. The van der Waals surface area contributed by atoms with E-state index in [4.69, 9.17) is 0 Å². The molecule has 0 aliphatic rings. The quantitative estimate of drug-likeness (QED) is 0.208. The Morgan fingerprint density at radius 2 is 0.905 bits per heavy atom. The van der Waals surface area contributed by atoms with Crippen LogP contribution in [0.3, 0.4) is 0 Å². The smallest absolute Gasteiger partial charge is 0.168 e.